The summed E-state index contributed by atoms with van der Waals surface area (Å²) >= 11 is 0. The highest BCUT2D eigenvalue weighted by atomic mass is 16.4. The van der Waals surface area contributed by atoms with E-state index in [9.17, 15) is 9.90 Å². The van der Waals surface area contributed by atoms with Crippen molar-refractivity contribution in [3.8, 4) is 22.5 Å². The number of carboxylic acid groups (broad SMARTS) is 1. The second-order valence-electron chi connectivity index (χ2n) is 8.05. The van der Waals surface area contributed by atoms with Crippen LogP contribution in [0.15, 0.2) is 48.5 Å². The third-order valence-electron chi connectivity index (χ3n) is 5.70. The molecule has 0 aliphatic rings. The maximum atomic E-state index is 12.1. The fourth-order valence-electron chi connectivity index (χ4n) is 4.11. The number of unbranched alkanes of at least 4 members (excludes halogenated alkanes) is 1. The number of nitrogens with zero attached hydrogens (tertiary/aromatic N) is 5. The second kappa shape index (κ2) is 10.2. The van der Waals surface area contributed by atoms with Crippen molar-refractivity contribution < 1.29 is 9.90 Å². The molecule has 0 bridgehead atoms. The predicted octanol–water partition coefficient (Wildman–Crippen LogP) is 4.77. The van der Waals surface area contributed by atoms with E-state index >= 15 is 0 Å². The summed E-state index contributed by atoms with van der Waals surface area (Å²) in [5, 5.41) is 29.0. The van der Waals surface area contributed by atoms with Gasteiger partial charge in [-0.1, -0.05) is 75.2 Å². The molecule has 2 N–H and O–H groups in total. The standard InChI is InChI=1S/C25H28N6O2/c1-3-5-15-31-22(8-4-2)23(25(32)33)21(28-31)16-17-11-13-18(14-12-17)19-9-6-7-10-20(19)24-26-29-30-27-24/h6-7,9-14H,3-5,8,15-16H2,1-2H3,(H,32,33)(H,26,27,29,30). The number of H-pyrrole nitrogens is 1. The van der Waals surface area contributed by atoms with Crippen LogP contribution in [0.4, 0.5) is 0 Å². The molecule has 0 aliphatic carbocycles. The van der Waals surface area contributed by atoms with Crippen molar-refractivity contribution in [3.63, 3.8) is 0 Å². The molecule has 8 heteroatoms. The lowest BCUT2D eigenvalue weighted by atomic mass is 9.97. The quantitative estimate of drug-likeness (QED) is 0.365. The van der Waals surface area contributed by atoms with Crippen molar-refractivity contribution in [1.29, 1.82) is 0 Å². The molecule has 0 unspecified atom stereocenters. The number of rotatable bonds is 10. The third kappa shape index (κ3) is 4.84. The van der Waals surface area contributed by atoms with Gasteiger partial charge in [-0.25, -0.2) is 4.79 Å². The van der Waals surface area contributed by atoms with Gasteiger partial charge in [-0.15, -0.1) is 10.2 Å². The number of benzene rings is 2. The van der Waals surface area contributed by atoms with Gasteiger partial charge < -0.3 is 5.11 Å². The molecule has 0 fully saturated rings. The van der Waals surface area contributed by atoms with Crippen LogP contribution >= 0.6 is 0 Å². The van der Waals surface area contributed by atoms with E-state index in [1.807, 2.05) is 53.2 Å². The molecule has 0 saturated carbocycles. The molecule has 2 aromatic carbocycles. The number of tetrazole rings is 1. The van der Waals surface area contributed by atoms with Gasteiger partial charge >= 0.3 is 5.97 Å². The van der Waals surface area contributed by atoms with Crippen LogP contribution in [0.3, 0.4) is 0 Å². The van der Waals surface area contributed by atoms with Crippen LogP contribution in [0.25, 0.3) is 22.5 Å². The number of carboxylic acids is 1. The molecule has 33 heavy (non-hydrogen) atoms. The molecule has 0 aliphatic heterocycles. The Kier molecular flexibility index (Phi) is 6.92. The monoisotopic (exact) mass is 444 g/mol. The van der Waals surface area contributed by atoms with E-state index in [4.69, 9.17) is 5.10 Å². The molecule has 170 valence electrons. The van der Waals surface area contributed by atoms with Crippen molar-refractivity contribution in [2.45, 2.75) is 52.5 Å². The van der Waals surface area contributed by atoms with E-state index in [1.165, 1.54) is 0 Å². The highest BCUT2D eigenvalue weighted by Crippen LogP contribution is 2.30. The zero-order valence-electron chi connectivity index (χ0n) is 19.0. The fourth-order valence-corrected chi connectivity index (χ4v) is 4.11. The topological polar surface area (TPSA) is 110 Å². The highest BCUT2D eigenvalue weighted by molar-refractivity contribution is 5.90. The van der Waals surface area contributed by atoms with Crippen LogP contribution in [0.5, 0.6) is 0 Å². The van der Waals surface area contributed by atoms with E-state index in [1.54, 1.807) is 0 Å². The number of nitrogens with one attached hydrogen (secondary N) is 1. The van der Waals surface area contributed by atoms with E-state index in [-0.39, 0.29) is 0 Å². The van der Waals surface area contributed by atoms with Gasteiger partial charge in [0.25, 0.3) is 0 Å². The van der Waals surface area contributed by atoms with Gasteiger partial charge in [0.1, 0.15) is 5.56 Å². The summed E-state index contributed by atoms with van der Waals surface area (Å²) in [5.41, 5.74) is 5.76. The molecule has 4 aromatic rings. The number of aromatic amines is 1. The van der Waals surface area contributed by atoms with Crippen LogP contribution < -0.4 is 0 Å². The van der Waals surface area contributed by atoms with E-state index in [0.29, 0.717) is 29.9 Å². The summed E-state index contributed by atoms with van der Waals surface area (Å²) in [7, 11) is 0. The van der Waals surface area contributed by atoms with Gasteiger partial charge in [0, 0.05) is 18.5 Å². The number of hydrogen-bond donors (Lipinski definition) is 2. The van der Waals surface area contributed by atoms with E-state index in [2.05, 4.69) is 34.5 Å². The summed E-state index contributed by atoms with van der Waals surface area (Å²) in [6, 6.07) is 16.0. The molecule has 0 spiro atoms. The minimum absolute atomic E-state index is 0.361. The Labute approximate surface area is 192 Å². The normalized spacial score (nSPS) is 11.1. The van der Waals surface area contributed by atoms with Crippen molar-refractivity contribution in [1.82, 2.24) is 30.4 Å². The first-order valence-corrected chi connectivity index (χ1v) is 11.4. The molecule has 0 radical (unpaired) electrons. The highest BCUT2D eigenvalue weighted by Gasteiger charge is 2.23. The lowest BCUT2D eigenvalue weighted by Gasteiger charge is -2.08. The van der Waals surface area contributed by atoms with Gasteiger partial charge in [-0.05, 0) is 34.7 Å². The molecule has 2 heterocycles. The van der Waals surface area contributed by atoms with Gasteiger partial charge in [-0.3, -0.25) is 4.68 Å². The predicted molar refractivity (Wildman–Crippen MR) is 126 cm³/mol. The third-order valence-corrected chi connectivity index (χ3v) is 5.70. The Balaban J connectivity index is 1.64. The van der Waals surface area contributed by atoms with Crippen molar-refractivity contribution in [3.05, 3.63) is 71.0 Å². The molecule has 0 atom stereocenters. The molecule has 4 rings (SSSR count). The number of aryl methyl sites for hydroxylation is 1. The maximum absolute atomic E-state index is 12.1. The Bertz CT molecular complexity index is 1210. The van der Waals surface area contributed by atoms with Crippen LogP contribution in [-0.4, -0.2) is 41.5 Å². The van der Waals surface area contributed by atoms with Gasteiger partial charge in [-0.2, -0.15) is 10.3 Å². The molecule has 8 nitrogen and oxygen atoms in total. The number of aromatic nitrogens is 6. The molecular formula is C25H28N6O2. The largest absolute Gasteiger partial charge is 0.478 e. The second-order valence-corrected chi connectivity index (χ2v) is 8.05. The number of carbonyl (C=O) groups is 1. The summed E-state index contributed by atoms with van der Waals surface area (Å²) in [4.78, 5) is 12.1. The zero-order chi connectivity index (χ0) is 23.2. The first-order chi connectivity index (χ1) is 16.1. The smallest absolute Gasteiger partial charge is 0.339 e. The first kappa shape index (κ1) is 22.4. The molecular weight excluding hydrogens is 416 g/mol. The minimum atomic E-state index is -0.901. The zero-order valence-corrected chi connectivity index (χ0v) is 19.0. The van der Waals surface area contributed by atoms with Gasteiger partial charge in [0.15, 0.2) is 0 Å². The SMILES string of the molecule is CCCCn1nc(Cc2ccc(-c3ccccc3-c3nn[nH]n3)cc2)c(C(=O)O)c1CCC. The van der Waals surface area contributed by atoms with Crippen LogP contribution in [0.1, 0.15) is 60.4 Å². The van der Waals surface area contributed by atoms with E-state index in [0.717, 1.165) is 53.8 Å². The Hall–Kier alpha value is -3.81. The molecule has 2 aromatic heterocycles. The first-order valence-electron chi connectivity index (χ1n) is 11.4. The minimum Gasteiger partial charge on any atom is -0.478 e. The molecule has 0 amide bonds. The lowest BCUT2D eigenvalue weighted by Crippen LogP contribution is -2.08. The Morgan fingerprint density at radius 2 is 1.79 bits per heavy atom. The fraction of sp³-hybridized carbons (Fsp3) is 0.320. The van der Waals surface area contributed by atoms with Crippen molar-refractivity contribution >= 4 is 5.97 Å². The Morgan fingerprint density at radius 3 is 2.42 bits per heavy atom. The van der Waals surface area contributed by atoms with Gasteiger partial charge in [0.2, 0.25) is 5.82 Å². The van der Waals surface area contributed by atoms with E-state index < -0.39 is 5.97 Å². The molecule has 0 saturated heterocycles. The summed E-state index contributed by atoms with van der Waals surface area (Å²) in [5.74, 6) is -0.358. The summed E-state index contributed by atoms with van der Waals surface area (Å²) in [6.45, 7) is 4.94. The van der Waals surface area contributed by atoms with Crippen LogP contribution in [0.2, 0.25) is 0 Å². The van der Waals surface area contributed by atoms with Crippen molar-refractivity contribution in [2.75, 3.05) is 0 Å². The van der Waals surface area contributed by atoms with Crippen LogP contribution in [-0.2, 0) is 19.4 Å². The average molecular weight is 445 g/mol. The van der Waals surface area contributed by atoms with Crippen molar-refractivity contribution in [2.24, 2.45) is 0 Å². The number of aromatic carboxylic acids is 1. The average Bonchev–Trinajstić information content (AvgIpc) is 3.47. The number of hydrogen-bond acceptors (Lipinski definition) is 5. The summed E-state index contributed by atoms with van der Waals surface area (Å²) in [6.07, 6.45) is 4.09. The maximum Gasteiger partial charge on any atom is 0.339 e. The van der Waals surface area contributed by atoms with Crippen LogP contribution in [0, 0.1) is 0 Å². The lowest BCUT2D eigenvalue weighted by molar-refractivity contribution is 0.0694. The Morgan fingerprint density at radius 1 is 1.03 bits per heavy atom. The summed E-state index contributed by atoms with van der Waals surface area (Å²) < 4.78 is 1.90. The van der Waals surface area contributed by atoms with Gasteiger partial charge in [0.05, 0.1) is 11.4 Å².